The number of rotatable bonds is 6. The van der Waals surface area contributed by atoms with Crippen LogP contribution >= 0.6 is 0 Å². The molecule has 0 fully saturated rings. The lowest BCUT2D eigenvalue weighted by Gasteiger charge is -2.34. The van der Waals surface area contributed by atoms with Crippen molar-refractivity contribution >= 4 is 5.91 Å². The van der Waals surface area contributed by atoms with E-state index in [4.69, 9.17) is 0 Å². The van der Waals surface area contributed by atoms with Gasteiger partial charge in [-0.2, -0.15) is 0 Å². The quantitative estimate of drug-likeness (QED) is 0.753. The van der Waals surface area contributed by atoms with E-state index < -0.39 is 6.10 Å². The van der Waals surface area contributed by atoms with Gasteiger partial charge in [-0.05, 0) is 12.3 Å². The average molecular weight is 243 g/mol. The molecule has 0 bridgehead atoms. The summed E-state index contributed by atoms with van der Waals surface area (Å²) in [5.41, 5.74) is -0.632. The van der Waals surface area contributed by atoms with Crippen LogP contribution in [0.2, 0.25) is 0 Å². The molecule has 3 nitrogen and oxygen atoms in total. The van der Waals surface area contributed by atoms with Crippen LogP contribution < -0.4 is 5.32 Å². The molecule has 0 heterocycles. The molecular weight excluding hydrogens is 214 g/mol. The zero-order chi connectivity index (χ0) is 13.9. The number of hydrogen-bond donors (Lipinski definition) is 2. The Labute approximate surface area is 106 Å². The number of carbonyl (C=O) groups is 1. The summed E-state index contributed by atoms with van der Waals surface area (Å²) in [6, 6.07) is 0. The summed E-state index contributed by atoms with van der Waals surface area (Å²) in [7, 11) is 0. The van der Waals surface area contributed by atoms with Gasteiger partial charge in [-0.25, -0.2) is 0 Å². The van der Waals surface area contributed by atoms with E-state index in [-0.39, 0.29) is 22.7 Å². The summed E-state index contributed by atoms with van der Waals surface area (Å²) in [6.45, 7) is 14.3. The second kappa shape index (κ2) is 5.85. The maximum Gasteiger partial charge on any atom is 0.225 e. The van der Waals surface area contributed by atoms with Crippen molar-refractivity contribution in [2.24, 2.45) is 16.7 Å². The fourth-order valence-corrected chi connectivity index (χ4v) is 1.71. The van der Waals surface area contributed by atoms with Gasteiger partial charge in [0.2, 0.25) is 5.91 Å². The standard InChI is InChI=1S/C14H29NO2/c1-8-13(4,5)12(17)15-9-14(6,7)11(16)10(2)3/h10-11,16H,8-9H2,1-7H3,(H,15,17). The van der Waals surface area contributed by atoms with E-state index in [1.165, 1.54) is 0 Å². The van der Waals surface area contributed by atoms with Crippen LogP contribution in [0.1, 0.15) is 54.9 Å². The monoisotopic (exact) mass is 243 g/mol. The maximum atomic E-state index is 11.9. The lowest BCUT2D eigenvalue weighted by atomic mass is 9.80. The predicted octanol–water partition coefficient (Wildman–Crippen LogP) is 2.58. The third-order valence-corrected chi connectivity index (χ3v) is 3.64. The predicted molar refractivity (Wildman–Crippen MR) is 71.7 cm³/mol. The Balaban J connectivity index is 4.42. The van der Waals surface area contributed by atoms with E-state index in [1.807, 2.05) is 48.5 Å². The first-order valence-electron chi connectivity index (χ1n) is 6.51. The highest BCUT2D eigenvalue weighted by Crippen LogP contribution is 2.26. The first kappa shape index (κ1) is 16.4. The van der Waals surface area contributed by atoms with Gasteiger partial charge in [0.1, 0.15) is 0 Å². The van der Waals surface area contributed by atoms with Gasteiger partial charge in [-0.3, -0.25) is 4.79 Å². The number of hydrogen-bond acceptors (Lipinski definition) is 2. The van der Waals surface area contributed by atoms with Crippen molar-refractivity contribution in [3.8, 4) is 0 Å². The van der Waals surface area contributed by atoms with E-state index in [0.717, 1.165) is 6.42 Å². The Kier molecular flexibility index (Phi) is 5.66. The lowest BCUT2D eigenvalue weighted by molar-refractivity contribution is -0.130. The Hall–Kier alpha value is -0.570. The molecule has 0 aromatic rings. The molecule has 0 spiro atoms. The third kappa shape index (κ3) is 4.66. The third-order valence-electron chi connectivity index (χ3n) is 3.64. The molecule has 0 aromatic carbocycles. The number of amides is 1. The van der Waals surface area contributed by atoms with Crippen LogP contribution in [0.4, 0.5) is 0 Å². The van der Waals surface area contributed by atoms with Crippen molar-refractivity contribution < 1.29 is 9.90 Å². The second-order valence-corrected chi connectivity index (χ2v) is 6.60. The SMILES string of the molecule is CCC(C)(C)C(=O)NCC(C)(C)C(O)C(C)C. The van der Waals surface area contributed by atoms with Gasteiger partial charge in [0.05, 0.1) is 6.10 Å². The van der Waals surface area contributed by atoms with Crippen molar-refractivity contribution in [2.75, 3.05) is 6.54 Å². The van der Waals surface area contributed by atoms with Crippen LogP contribution in [0.3, 0.4) is 0 Å². The van der Waals surface area contributed by atoms with Gasteiger partial charge in [-0.1, -0.05) is 48.5 Å². The molecule has 2 N–H and O–H groups in total. The summed E-state index contributed by atoms with van der Waals surface area (Å²) in [6.07, 6.45) is 0.402. The van der Waals surface area contributed by atoms with Gasteiger partial charge in [-0.15, -0.1) is 0 Å². The van der Waals surface area contributed by atoms with E-state index in [9.17, 15) is 9.90 Å². The van der Waals surface area contributed by atoms with Gasteiger partial charge in [0, 0.05) is 17.4 Å². The zero-order valence-corrected chi connectivity index (χ0v) is 12.4. The maximum absolute atomic E-state index is 11.9. The fraction of sp³-hybridized carbons (Fsp3) is 0.929. The van der Waals surface area contributed by atoms with Crippen LogP contribution in [-0.2, 0) is 4.79 Å². The molecule has 0 aliphatic rings. The molecule has 0 aliphatic carbocycles. The first-order chi connectivity index (χ1) is 7.54. The highest BCUT2D eigenvalue weighted by molar-refractivity contribution is 5.81. The summed E-state index contributed by atoms with van der Waals surface area (Å²) >= 11 is 0. The summed E-state index contributed by atoms with van der Waals surface area (Å²) in [4.78, 5) is 11.9. The molecule has 0 aliphatic heterocycles. The normalized spacial score (nSPS) is 14.9. The van der Waals surface area contributed by atoms with Crippen LogP contribution in [0, 0.1) is 16.7 Å². The number of aliphatic hydroxyl groups excluding tert-OH is 1. The average Bonchev–Trinajstić information content (AvgIpc) is 2.24. The molecule has 0 aromatic heterocycles. The summed E-state index contributed by atoms with van der Waals surface area (Å²) in [5, 5.41) is 13.0. The Morgan fingerprint density at radius 2 is 1.71 bits per heavy atom. The topological polar surface area (TPSA) is 49.3 Å². The summed E-state index contributed by atoms with van der Waals surface area (Å²) < 4.78 is 0. The van der Waals surface area contributed by atoms with Crippen molar-refractivity contribution in [3.05, 3.63) is 0 Å². The first-order valence-corrected chi connectivity index (χ1v) is 6.51. The highest BCUT2D eigenvalue weighted by Gasteiger charge is 2.32. The van der Waals surface area contributed by atoms with E-state index in [0.29, 0.717) is 6.54 Å². The molecule has 1 amide bonds. The lowest BCUT2D eigenvalue weighted by Crippen LogP contribution is -2.46. The molecule has 0 saturated heterocycles. The molecular formula is C14H29NO2. The second-order valence-electron chi connectivity index (χ2n) is 6.60. The van der Waals surface area contributed by atoms with Crippen molar-refractivity contribution in [2.45, 2.75) is 61.0 Å². The van der Waals surface area contributed by atoms with Crippen molar-refractivity contribution in [1.82, 2.24) is 5.32 Å². The van der Waals surface area contributed by atoms with Crippen molar-refractivity contribution in [3.63, 3.8) is 0 Å². The number of aliphatic hydroxyl groups is 1. The highest BCUT2D eigenvalue weighted by atomic mass is 16.3. The van der Waals surface area contributed by atoms with Crippen LogP contribution in [0.5, 0.6) is 0 Å². The fourth-order valence-electron chi connectivity index (χ4n) is 1.71. The molecule has 0 radical (unpaired) electrons. The molecule has 1 unspecified atom stereocenters. The van der Waals surface area contributed by atoms with Crippen molar-refractivity contribution in [1.29, 1.82) is 0 Å². The Morgan fingerprint density at radius 1 is 1.24 bits per heavy atom. The molecule has 3 heteroatoms. The van der Waals surface area contributed by atoms with Gasteiger partial charge in [0.25, 0.3) is 0 Å². The van der Waals surface area contributed by atoms with E-state index >= 15 is 0 Å². The molecule has 102 valence electrons. The Morgan fingerprint density at radius 3 is 2.06 bits per heavy atom. The number of carbonyl (C=O) groups excluding carboxylic acids is 1. The van der Waals surface area contributed by atoms with E-state index in [1.54, 1.807) is 0 Å². The van der Waals surface area contributed by atoms with Gasteiger partial charge < -0.3 is 10.4 Å². The van der Waals surface area contributed by atoms with Crippen LogP contribution in [0.15, 0.2) is 0 Å². The minimum atomic E-state index is -0.410. The van der Waals surface area contributed by atoms with Gasteiger partial charge in [0.15, 0.2) is 0 Å². The van der Waals surface area contributed by atoms with E-state index in [2.05, 4.69) is 5.32 Å². The van der Waals surface area contributed by atoms with Crippen LogP contribution in [0.25, 0.3) is 0 Å². The largest absolute Gasteiger partial charge is 0.392 e. The van der Waals surface area contributed by atoms with Crippen LogP contribution in [-0.4, -0.2) is 23.7 Å². The molecule has 0 rings (SSSR count). The molecule has 17 heavy (non-hydrogen) atoms. The molecule has 0 saturated carbocycles. The number of nitrogens with one attached hydrogen (secondary N) is 1. The summed E-state index contributed by atoms with van der Waals surface area (Å²) in [5.74, 6) is 0.255. The zero-order valence-electron chi connectivity index (χ0n) is 12.4. The Bertz CT molecular complexity index is 257. The smallest absolute Gasteiger partial charge is 0.225 e. The minimum Gasteiger partial charge on any atom is -0.392 e. The van der Waals surface area contributed by atoms with Gasteiger partial charge >= 0.3 is 0 Å². The molecule has 1 atom stereocenters. The minimum absolute atomic E-state index is 0.0593.